The molecule has 1 aromatic carbocycles. The molecular formula is C14H19BrO2. The molecule has 0 fully saturated rings. The van der Waals surface area contributed by atoms with E-state index in [9.17, 15) is 9.90 Å². The first kappa shape index (κ1) is 14.2. The van der Waals surface area contributed by atoms with Gasteiger partial charge in [0.25, 0.3) is 0 Å². The van der Waals surface area contributed by atoms with Crippen molar-refractivity contribution in [3.05, 3.63) is 34.3 Å². The van der Waals surface area contributed by atoms with Crippen LogP contribution < -0.4 is 0 Å². The van der Waals surface area contributed by atoms with Crippen molar-refractivity contribution in [1.82, 2.24) is 0 Å². The average molecular weight is 299 g/mol. The molecule has 0 aromatic heterocycles. The Morgan fingerprint density at radius 2 is 1.94 bits per heavy atom. The van der Waals surface area contributed by atoms with Gasteiger partial charge in [0.1, 0.15) is 0 Å². The number of benzene rings is 1. The van der Waals surface area contributed by atoms with Gasteiger partial charge in [-0.1, -0.05) is 54.9 Å². The lowest BCUT2D eigenvalue weighted by molar-refractivity contribution is -0.139. The van der Waals surface area contributed by atoms with Crippen molar-refractivity contribution in [2.24, 2.45) is 5.41 Å². The van der Waals surface area contributed by atoms with Gasteiger partial charge < -0.3 is 5.11 Å². The zero-order chi connectivity index (χ0) is 13.1. The van der Waals surface area contributed by atoms with E-state index in [1.54, 1.807) is 0 Å². The predicted molar refractivity (Wildman–Crippen MR) is 73.2 cm³/mol. The molecule has 0 amide bonds. The van der Waals surface area contributed by atoms with Crippen LogP contribution in [0.3, 0.4) is 0 Å². The second-order valence-electron chi connectivity index (χ2n) is 5.51. The first-order valence-corrected chi connectivity index (χ1v) is 6.58. The van der Waals surface area contributed by atoms with Gasteiger partial charge in [-0.15, -0.1) is 0 Å². The molecule has 0 aliphatic rings. The Kier molecular flexibility index (Phi) is 4.75. The Hall–Kier alpha value is -0.830. The van der Waals surface area contributed by atoms with Crippen molar-refractivity contribution >= 4 is 21.9 Å². The zero-order valence-corrected chi connectivity index (χ0v) is 12.1. The average Bonchev–Trinajstić information content (AvgIpc) is 2.18. The molecular weight excluding hydrogens is 280 g/mol. The highest BCUT2D eigenvalue weighted by molar-refractivity contribution is 9.10. The largest absolute Gasteiger partial charge is 0.481 e. The lowest BCUT2D eigenvalue weighted by atomic mass is 9.84. The summed E-state index contributed by atoms with van der Waals surface area (Å²) in [6, 6.07) is 7.55. The van der Waals surface area contributed by atoms with E-state index in [0.29, 0.717) is 6.42 Å². The van der Waals surface area contributed by atoms with Crippen LogP contribution in [0.1, 0.15) is 45.1 Å². The van der Waals surface area contributed by atoms with E-state index in [2.05, 4.69) is 36.7 Å². The molecule has 0 heterocycles. The topological polar surface area (TPSA) is 37.3 Å². The van der Waals surface area contributed by atoms with Crippen LogP contribution in [0.2, 0.25) is 0 Å². The Balaban J connectivity index is 2.88. The predicted octanol–water partition coefficient (Wildman–Crippen LogP) is 4.44. The quantitative estimate of drug-likeness (QED) is 0.892. The molecule has 1 unspecified atom stereocenters. The van der Waals surface area contributed by atoms with E-state index in [1.807, 2.05) is 24.3 Å². The lowest BCUT2D eigenvalue weighted by Crippen LogP contribution is -2.15. The van der Waals surface area contributed by atoms with Crippen LogP contribution in [0.15, 0.2) is 28.7 Å². The van der Waals surface area contributed by atoms with Gasteiger partial charge >= 0.3 is 5.97 Å². The summed E-state index contributed by atoms with van der Waals surface area (Å²) in [5.41, 5.74) is 1.03. The standard InChI is InChI=1S/C14H19BrO2/c1-14(2,3)9-8-11(13(16)17)10-6-4-5-7-12(10)15/h4-7,11H,8-9H2,1-3H3,(H,16,17). The van der Waals surface area contributed by atoms with Gasteiger partial charge in [0.2, 0.25) is 0 Å². The molecule has 94 valence electrons. The van der Waals surface area contributed by atoms with Gasteiger partial charge in [-0.3, -0.25) is 4.79 Å². The van der Waals surface area contributed by atoms with Gasteiger partial charge in [0.05, 0.1) is 5.92 Å². The fourth-order valence-corrected chi connectivity index (χ4v) is 2.31. The van der Waals surface area contributed by atoms with E-state index < -0.39 is 11.9 Å². The molecule has 0 aliphatic heterocycles. The first-order valence-electron chi connectivity index (χ1n) is 5.78. The molecule has 1 atom stereocenters. The summed E-state index contributed by atoms with van der Waals surface area (Å²) < 4.78 is 0.876. The van der Waals surface area contributed by atoms with Crippen molar-refractivity contribution in [2.45, 2.75) is 39.5 Å². The number of rotatable bonds is 4. The van der Waals surface area contributed by atoms with Crippen LogP contribution in [0.4, 0.5) is 0 Å². The van der Waals surface area contributed by atoms with Gasteiger partial charge in [-0.05, 0) is 29.9 Å². The van der Waals surface area contributed by atoms with Gasteiger partial charge in [0.15, 0.2) is 0 Å². The monoisotopic (exact) mass is 298 g/mol. The second-order valence-corrected chi connectivity index (χ2v) is 6.37. The third-order valence-electron chi connectivity index (χ3n) is 2.76. The van der Waals surface area contributed by atoms with Gasteiger partial charge in [-0.25, -0.2) is 0 Å². The summed E-state index contributed by atoms with van der Waals surface area (Å²) in [5, 5.41) is 9.33. The maximum absolute atomic E-state index is 11.3. The molecule has 2 nitrogen and oxygen atoms in total. The number of carboxylic acids is 1. The second kappa shape index (κ2) is 5.67. The van der Waals surface area contributed by atoms with Crippen LogP contribution in [-0.2, 0) is 4.79 Å². The highest BCUT2D eigenvalue weighted by Crippen LogP contribution is 2.32. The molecule has 0 saturated carbocycles. The molecule has 0 spiro atoms. The van der Waals surface area contributed by atoms with Crippen molar-refractivity contribution in [3.63, 3.8) is 0 Å². The number of carboxylic acid groups (broad SMARTS) is 1. The maximum Gasteiger partial charge on any atom is 0.311 e. The van der Waals surface area contributed by atoms with Crippen molar-refractivity contribution in [3.8, 4) is 0 Å². The SMILES string of the molecule is CC(C)(C)CCC(C(=O)O)c1ccccc1Br. The third kappa shape index (κ3) is 4.50. The molecule has 0 radical (unpaired) electrons. The van der Waals surface area contributed by atoms with Crippen LogP contribution in [-0.4, -0.2) is 11.1 Å². The van der Waals surface area contributed by atoms with E-state index in [-0.39, 0.29) is 5.41 Å². The number of carbonyl (C=O) groups is 1. The third-order valence-corrected chi connectivity index (χ3v) is 3.48. The molecule has 17 heavy (non-hydrogen) atoms. The lowest BCUT2D eigenvalue weighted by Gasteiger charge is -2.21. The van der Waals surface area contributed by atoms with Crippen molar-refractivity contribution < 1.29 is 9.90 Å². The van der Waals surface area contributed by atoms with Crippen molar-refractivity contribution in [1.29, 1.82) is 0 Å². The van der Waals surface area contributed by atoms with Crippen LogP contribution in [0.25, 0.3) is 0 Å². The van der Waals surface area contributed by atoms with Crippen molar-refractivity contribution in [2.75, 3.05) is 0 Å². The fourth-order valence-electron chi connectivity index (χ4n) is 1.75. The molecule has 0 aliphatic carbocycles. The number of aliphatic carboxylic acids is 1. The summed E-state index contributed by atoms with van der Waals surface area (Å²) in [6.07, 6.45) is 1.56. The molecule has 3 heteroatoms. The highest BCUT2D eigenvalue weighted by atomic mass is 79.9. The summed E-state index contributed by atoms with van der Waals surface area (Å²) in [4.78, 5) is 11.3. The Morgan fingerprint density at radius 3 is 2.41 bits per heavy atom. The summed E-state index contributed by atoms with van der Waals surface area (Å²) >= 11 is 3.42. The van der Waals surface area contributed by atoms with E-state index >= 15 is 0 Å². The maximum atomic E-state index is 11.3. The smallest absolute Gasteiger partial charge is 0.311 e. The fraction of sp³-hybridized carbons (Fsp3) is 0.500. The Labute approximate surface area is 111 Å². The van der Waals surface area contributed by atoms with Crippen LogP contribution in [0.5, 0.6) is 0 Å². The van der Waals surface area contributed by atoms with E-state index in [0.717, 1.165) is 16.5 Å². The molecule has 1 N–H and O–H groups in total. The van der Waals surface area contributed by atoms with Crippen LogP contribution in [0, 0.1) is 5.41 Å². The minimum absolute atomic E-state index is 0.162. The minimum Gasteiger partial charge on any atom is -0.481 e. The summed E-state index contributed by atoms with van der Waals surface area (Å²) in [6.45, 7) is 6.39. The molecule has 0 saturated heterocycles. The number of halogens is 1. The number of hydrogen-bond donors (Lipinski definition) is 1. The molecule has 1 aromatic rings. The van der Waals surface area contributed by atoms with Crippen LogP contribution >= 0.6 is 15.9 Å². The molecule has 1 rings (SSSR count). The summed E-state index contributed by atoms with van der Waals surface area (Å²) in [5.74, 6) is -1.18. The zero-order valence-electron chi connectivity index (χ0n) is 10.5. The Bertz CT molecular complexity index is 393. The van der Waals surface area contributed by atoms with E-state index in [1.165, 1.54) is 0 Å². The van der Waals surface area contributed by atoms with Gasteiger partial charge in [0, 0.05) is 4.47 Å². The number of hydrogen-bond acceptors (Lipinski definition) is 1. The van der Waals surface area contributed by atoms with Gasteiger partial charge in [-0.2, -0.15) is 0 Å². The Morgan fingerprint density at radius 1 is 1.35 bits per heavy atom. The molecule has 0 bridgehead atoms. The minimum atomic E-state index is -0.749. The normalized spacial score (nSPS) is 13.4. The first-order chi connectivity index (χ1) is 7.81. The summed E-state index contributed by atoms with van der Waals surface area (Å²) in [7, 11) is 0. The highest BCUT2D eigenvalue weighted by Gasteiger charge is 2.24. The van der Waals surface area contributed by atoms with E-state index in [4.69, 9.17) is 0 Å².